The highest BCUT2D eigenvalue weighted by molar-refractivity contribution is 5.17. The Balaban J connectivity index is 1.46. The molecule has 1 aromatic heterocycles. The summed E-state index contributed by atoms with van der Waals surface area (Å²) in [6.07, 6.45) is 8.23. The van der Waals surface area contributed by atoms with E-state index in [0.29, 0.717) is 6.04 Å². The van der Waals surface area contributed by atoms with E-state index < -0.39 is 0 Å². The monoisotopic (exact) mass is 387 g/mol. The molecular formula is C26H33N3. The Kier molecular flexibility index (Phi) is 6.79. The van der Waals surface area contributed by atoms with Crippen molar-refractivity contribution >= 4 is 0 Å². The van der Waals surface area contributed by atoms with Crippen molar-refractivity contribution in [3.8, 4) is 0 Å². The van der Waals surface area contributed by atoms with Crippen molar-refractivity contribution < 1.29 is 0 Å². The van der Waals surface area contributed by atoms with Gasteiger partial charge in [-0.15, -0.1) is 0 Å². The van der Waals surface area contributed by atoms with Gasteiger partial charge in [0, 0.05) is 19.3 Å². The molecule has 152 valence electrons. The van der Waals surface area contributed by atoms with Crippen LogP contribution in [0.5, 0.6) is 0 Å². The molecule has 1 aliphatic heterocycles. The normalized spacial score (nSPS) is 20.0. The lowest BCUT2D eigenvalue weighted by atomic mass is 9.85. The van der Waals surface area contributed by atoms with Crippen molar-refractivity contribution in [1.29, 1.82) is 0 Å². The summed E-state index contributed by atoms with van der Waals surface area (Å²) in [6, 6.07) is 24.5. The number of piperidine rings is 1. The van der Waals surface area contributed by atoms with Gasteiger partial charge in [-0.05, 0) is 61.8 Å². The van der Waals surface area contributed by atoms with Gasteiger partial charge in [-0.2, -0.15) is 5.10 Å². The van der Waals surface area contributed by atoms with E-state index in [0.717, 1.165) is 32.0 Å². The van der Waals surface area contributed by atoms with Crippen molar-refractivity contribution in [2.45, 2.75) is 58.2 Å². The number of likely N-dealkylation sites (tertiary alicyclic amines) is 1. The number of hydrogen-bond donors (Lipinski definition) is 0. The minimum absolute atomic E-state index is 0.419. The molecule has 0 spiro atoms. The first-order chi connectivity index (χ1) is 14.3. The molecule has 0 aliphatic carbocycles. The molecule has 1 fully saturated rings. The third-order valence-corrected chi connectivity index (χ3v) is 6.19. The standard InChI is InChI=1S/C26H33N3/c1-2-17-29-19-16-25(27-29)26-20-23(14-13-22-9-5-3-6-10-22)15-18-28(26)21-24-11-7-4-8-12-24/h3-12,16,19,23,26H,2,13-15,17-18,20-21H2,1H3. The van der Waals surface area contributed by atoms with Gasteiger partial charge in [0.15, 0.2) is 0 Å². The van der Waals surface area contributed by atoms with Gasteiger partial charge in [-0.1, -0.05) is 67.6 Å². The molecule has 1 saturated heterocycles. The van der Waals surface area contributed by atoms with E-state index in [1.807, 2.05) is 0 Å². The number of aryl methyl sites for hydroxylation is 2. The van der Waals surface area contributed by atoms with E-state index in [2.05, 4.69) is 89.4 Å². The SMILES string of the molecule is CCCn1ccc(C2CC(CCc3ccccc3)CCN2Cc2ccccc2)n1. The molecule has 1 aliphatic rings. The Morgan fingerprint density at radius 1 is 0.931 bits per heavy atom. The first-order valence-electron chi connectivity index (χ1n) is 11.2. The summed E-state index contributed by atoms with van der Waals surface area (Å²) >= 11 is 0. The van der Waals surface area contributed by atoms with Gasteiger partial charge < -0.3 is 0 Å². The molecule has 29 heavy (non-hydrogen) atoms. The van der Waals surface area contributed by atoms with E-state index >= 15 is 0 Å². The topological polar surface area (TPSA) is 21.1 Å². The molecule has 0 amide bonds. The van der Waals surface area contributed by atoms with Gasteiger partial charge in [-0.3, -0.25) is 9.58 Å². The molecule has 0 radical (unpaired) electrons. The molecule has 2 aromatic carbocycles. The maximum Gasteiger partial charge on any atom is 0.0796 e. The van der Waals surface area contributed by atoms with Gasteiger partial charge in [0.1, 0.15) is 0 Å². The van der Waals surface area contributed by atoms with Crippen LogP contribution in [0.25, 0.3) is 0 Å². The summed E-state index contributed by atoms with van der Waals surface area (Å²) in [5, 5.41) is 4.94. The van der Waals surface area contributed by atoms with E-state index in [9.17, 15) is 0 Å². The van der Waals surface area contributed by atoms with Crippen molar-refractivity contribution in [2.24, 2.45) is 5.92 Å². The Morgan fingerprint density at radius 3 is 2.38 bits per heavy atom. The van der Waals surface area contributed by atoms with Gasteiger partial charge in [-0.25, -0.2) is 0 Å². The molecular weight excluding hydrogens is 354 g/mol. The fraction of sp³-hybridized carbons (Fsp3) is 0.423. The largest absolute Gasteiger partial charge is 0.290 e. The van der Waals surface area contributed by atoms with Crippen LogP contribution in [0, 0.1) is 5.92 Å². The third-order valence-electron chi connectivity index (χ3n) is 6.19. The minimum Gasteiger partial charge on any atom is -0.290 e. The summed E-state index contributed by atoms with van der Waals surface area (Å²) in [5.41, 5.74) is 4.11. The Hall–Kier alpha value is -2.39. The first-order valence-corrected chi connectivity index (χ1v) is 11.2. The lowest BCUT2D eigenvalue weighted by molar-refractivity contribution is 0.0976. The molecule has 0 saturated carbocycles. The van der Waals surface area contributed by atoms with Crippen LogP contribution in [-0.2, 0) is 19.5 Å². The van der Waals surface area contributed by atoms with Crippen LogP contribution >= 0.6 is 0 Å². The Bertz CT molecular complexity index is 856. The first kappa shape index (κ1) is 19.9. The Morgan fingerprint density at radius 2 is 1.66 bits per heavy atom. The van der Waals surface area contributed by atoms with E-state index in [1.54, 1.807) is 0 Å². The summed E-state index contributed by atoms with van der Waals surface area (Å²) in [6.45, 7) is 5.38. The van der Waals surface area contributed by atoms with Crippen LogP contribution in [0.1, 0.15) is 55.5 Å². The van der Waals surface area contributed by atoms with Crippen molar-refractivity contribution in [3.63, 3.8) is 0 Å². The van der Waals surface area contributed by atoms with E-state index in [4.69, 9.17) is 5.10 Å². The van der Waals surface area contributed by atoms with Gasteiger partial charge in [0.05, 0.1) is 11.7 Å². The van der Waals surface area contributed by atoms with Crippen molar-refractivity contribution in [2.75, 3.05) is 6.54 Å². The summed E-state index contributed by atoms with van der Waals surface area (Å²) in [7, 11) is 0. The second-order valence-electron chi connectivity index (χ2n) is 8.39. The van der Waals surface area contributed by atoms with Crippen LogP contribution in [-0.4, -0.2) is 21.2 Å². The number of hydrogen-bond acceptors (Lipinski definition) is 2. The highest BCUT2D eigenvalue weighted by Crippen LogP contribution is 2.36. The third kappa shape index (κ3) is 5.36. The number of nitrogens with zero attached hydrogens (tertiary/aromatic N) is 3. The van der Waals surface area contributed by atoms with E-state index in [-0.39, 0.29) is 0 Å². The van der Waals surface area contributed by atoms with Gasteiger partial charge >= 0.3 is 0 Å². The second kappa shape index (κ2) is 9.89. The van der Waals surface area contributed by atoms with Crippen LogP contribution in [0.2, 0.25) is 0 Å². The maximum atomic E-state index is 4.94. The molecule has 2 atom stereocenters. The quantitative estimate of drug-likeness (QED) is 0.481. The summed E-state index contributed by atoms with van der Waals surface area (Å²) < 4.78 is 2.11. The lowest BCUT2D eigenvalue weighted by Crippen LogP contribution is -2.37. The molecule has 4 rings (SSSR count). The minimum atomic E-state index is 0.419. The predicted molar refractivity (Wildman–Crippen MR) is 120 cm³/mol. The zero-order valence-electron chi connectivity index (χ0n) is 17.6. The second-order valence-corrected chi connectivity index (χ2v) is 8.39. The number of rotatable bonds is 8. The molecule has 3 heteroatoms. The molecule has 0 N–H and O–H groups in total. The average molecular weight is 388 g/mol. The molecule has 0 bridgehead atoms. The fourth-order valence-corrected chi connectivity index (χ4v) is 4.59. The molecule has 2 heterocycles. The predicted octanol–water partition coefficient (Wildman–Crippen LogP) is 5.88. The molecule has 3 nitrogen and oxygen atoms in total. The lowest BCUT2D eigenvalue weighted by Gasteiger charge is -2.39. The number of aromatic nitrogens is 2. The summed E-state index contributed by atoms with van der Waals surface area (Å²) in [4.78, 5) is 2.65. The zero-order chi connectivity index (χ0) is 19.9. The van der Waals surface area contributed by atoms with Crippen molar-refractivity contribution in [3.05, 3.63) is 89.7 Å². The fourth-order valence-electron chi connectivity index (χ4n) is 4.59. The highest BCUT2D eigenvalue weighted by atomic mass is 15.3. The molecule has 2 unspecified atom stereocenters. The number of benzene rings is 2. The summed E-state index contributed by atoms with van der Waals surface area (Å²) in [5.74, 6) is 0.767. The Labute approximate surface area is 175 Å². The van der Waals surface area contributed by atoms with Gasteiger partial charge in [0.25, 0.3) is 0 Å². The maximum absolute atomic E-state index is 4.94. The van der Waals surface area contributed by atoms with Crippen LogP contribution in [0.3, 0.4) is 0 Å². The highest BCUT2D eigenvalue weighted by Gasteiger charge is 2.31. The van der Waals surface area contributed by atoms with Crippen LogP contribution in [0.15, 0.2) is 72.9 Å². The average Bonchev–Trinajstić information content (AvgIpc) is 3.23. The smallest absolute Gasteiger partial charge is 0.0796 e. The van der Waals surface area contributed by atoms with Crippen LogP contribution < -0.4 is 0 Å². The van der Waals surface area contributed by atoms with Crippen LogP contribution in [0.4, 0.5) is 0 Å². The van der Waals surface area contributed by atoms with Gasteiger partial charge in [0.2, 0.25) is 0 Å². The zero-order valence-corrected chi connectivity index (χ0v) is 17.6. The molecule has 3 aromatic rings. The van der Waals surface area contributed by atoms with E-state index in [1.165, 1.54) is 42.5 Å². The van der Waals surface area contributed by atoms with Crippen molar-refractivity contribution in [1.82, 2.24) is 14.7 Å².